The first kappa shape index (κ1) is 61.4. The highest BCUT2D eigenvalue weighted by molar-refractivity contribution is 5.71. The van der Waals surface area contributed by atoms with Crippen molar-refractivity contribution in [3.05, 3.63) is 0 Å². The van der Waals surface area contributed by atoms with E-state index in [2.05, 4.69) is 34.6 Å². The van der Waals surface area contributed by atoms with Crippen LogP contribution in [0.3, 0.4) is 0 Å². The number of hydrogen-bond acceptors (Lipinski definition) is 6. The summed E-state index contributed by atoms with van der Waals surface area (Å²) in [6.45, 7) is 11.4. The molecule has 0 aliphatic rings. The van der Waals surface area contributed by atoms with Crippen molar-refractivity contribution in [2.45, 2.75) is 323 Å². The predicted octanol–water partition coefficient (Wildman–Crippen LogP) is 18.5. The topological polar surface area (TPSA) is 78.9 Å². The second-order valence-electron chi connectivity index (χ2n) is 20.5. The van der Waals surface area contributed by atoms with Crippen LogP contribution >= 0.6 is 0 Å². The number of rotatable bonds is 51. The Balaban J connectivity index is 4.29. The van der Waals surface area contributed by atoms with E-state index in [0.717, 1.165) is 69.6 Å². The molecule has 0 aliphatic carbocycles. The molecule has 0 aromatic heterocycles. The Labute approximate surface area is 393 Å². The molecule has 0 aliphatic heterocycles. The zero-order valence-electron chi connectivity index (χ0n) is 43.2. The molecule has 0 bridgehead atoms. The second kappa shape index (κ2) is 49.8. The third-order valence-electron chi connectivity index (χ3n) is 13.0. The largest absolute Gasteiger partial charge is 0.462 e. The van der Waals surface area contributed by atoms with Crippen molar-refractivity contribution >= 4 is 17.9 Å². The Kier molecular flexibility index (Phi) is 48.6. The van der Waals surface area contributed by atoms with E-state index in [1.807, 2.05) is 0 Å². The summed E-state index contributed by atoms with van der Waals surface area (Å²) in [7, 11) is 0. The van der Waals surface area contributed by atoms with Gasteiger partial charge in [0.25, 0.3) is 0 Å². The van der Waals surface area contributed by atoms with Crippen LogP contribution in [0.2, 0.25) is 0 Å². The molecule has 0 saturated carbocycles. The van der Waals surface area contributed by atoms with Gasteiger partial charge in [0.05, 0.1) is 0 Å². The van der Waals surface area contributed by atoms with Crippen LogP contribution in [0.4, 0.5) is 0 Å². The van der Waals surface area contributed by atoms with Crippen molar-refractivity contribution in [1.29, 1.82) is 0 Å². The molecular formula is C57H110O6. The molecule has 0 fully saturated rings. The van der Waals surface area contributed by atoms with Crippen molar-refractivity contribution in [2.24, 2.45) is 11.8 Å². The highest BCUT2D eigenvalue weighted by Gasteiger charge is 2.19. The van der Waals surface area contributed by atoms with Crippen LogP contribution in [0, 0.1) is 11.8 Å². The maximum Gasteiger partial charge on any atom is 0.306 e. The average molecular weight is 892 g/mol. The van der Waals surface area contributed by atoms with Crippen molar-refractivity contribution < 1.29 is 28.6 Å². The number of ether oxygens (including phenoxy) is 3. The van der Waals surface area contributed by atoms with Crippen molar-refractivity contribution in [2.75, 3.05) is 13.2 Å². The van der Waals surface area contributed by atoms with Crippen molar-refractivity contribution in [3.63, 3.8) is 0 Å². The number of carbonyl (C=O) groups is 3. The molecular weight excluding hydrogens is 781 g/mol. The third kappa shape index (κ3) is 51.3. The molecule has 0 aromatic rings. The molecule has 6 nitrogen and oxygen atoms in total. The molecule has 374 valence electrons. The number of carbonyl (C=O) groups excluding carboxylic acids is 3. The SMILES string of the molecule is CCCCCCCCCCCCCCCCCC(=O)OC[C@@H](COC(=O)CCCCCCCCCCCC(C)C)OC(=O)CCCCCCCCCCCCCCCCCC(C)C. The Hall–Kier alpha value is -1.59. The van der Waals surface area contributed by atoms with Gasteiger partial charge in [-0.1, -0.05) is 279 Å². The summed E-state index contributed by atoms with van der Waals surface area (Å²) in [5.41, 5.74) is 0. The number of esters is 3. The smallest absolute Gasteiger partial charge is 0.306 e. The van der Waals surface area contributed by atoms with Gasteiger partial charge in [-0.05, 0) is 31.1 Å². The van der Waals surface area contributed by atoms with Crippen LogP contribution in [0.25, 0.3) is 0 Å². The first-order valence-corrected chi connectivity index (χ1v) is 28.2. The molecule has 0 saturated heterocycles. The molecule has 0 aromatic carbocycles. The normalized spacial score (nSPS) is 12.0. The van der Waals surface area contributed by atoms with Crippen LogP contribution in [0.15, 0.2) is 0 Å². The molecule has 0 N–H and O–H groups in total. The van der Waals surface area contributed by atoms with Gasteiger partial charge in [0.15, 0.2) is 6.10 Å². The van der Waals surface area contributed by atoms with E-state index in [-0.39, 0.29) is 31.1 Å². The van der Waals surface area contributed by atoms with Crippen LogP contribution in [-0.4, -0.2) is 37.2 Å². The molecule has 0 unspecified atom stereocenters. The maximum absolute atomic E-state index is 12.8. The Morgan fingerprint density at radius 2 is 0.524 bits per heavy atom. The van der Waals surface area contributed by atoms with Crippen molar-refractivity contribution in [1.82, 2.24) is 0 Å². The van der Waals surface area contributed by atoms with E-state index < -0.39 is 6.10 Å². The summed E-state index contributed by atoms with van der Waals surface area (Å²) in [5.74, 6) is 0.814. The summed E-state index contributed by atoms with van der Waals surface area (Å²) in [6.07, 6.45) is 52.4. The minimum absolute atomic E-state index is 0.0630. The van der Waals surface area contributed by atoms with Crippen molar-refractivity contribution in [3.8, 4) is 0 Å². The van der Waals surface area contributed by atoms with E-state index in [4.69, 9.17) is 14.2 Å². The van der Waals surface area contributed by atoms with Gasteiger partial charge in [-0.3, -0.25) is 14.4 Å². The summed E-state index contributed by atoms with van der Waals surface area (Å²) in [5, 5.41) is 0. The average Bonchev–Trinajstić information content (AvgIpc) is 3.25. The lowest BCUT2D eigenvalue weighted by atomic mass is 10.0. The quantitative estimate of drug-likeness (QED) is 0.0344. The van der Waals surface area contributed by atoms with Gasteiger partial charge in [0, 0.05) is 19.3 Å². The van der Waals surface area contributed by atoms with Gasteiger partial charge in [0.2, 0.25) is 0 Å². The number of unbranched alkanes of at least 4 members (excludes halogenated alkanes) is 36. The van der Waals surface area contributed by atoms with Gasteiger partial charge in [-0.15, -0.1) is 0 Å². The molecule has 6 heteroatoms. The van der Waals surface area contributed by atoms with Gasteiger partial charge in [-0.25, -0.2) is 0 Å². The summed E-state index contributed by atoms with van der Waals surface area (Å²) >= 11 is 0. The summed E-state index contributed by atoms with van der Waals surface area (Å²) < 4.78 is 16.9. The molecule has 0 radical (unpaired) electrons. The standard InChI is InChI=1S/C57H110O6/c1-6-7-8-9-10-11-12-13-15-19-22-27-32-37-42-47-55(58)61-50-54(51-62-56(59)48-43-38-33-29-24-26-31-36-41-46-53(4)5)63-57(60)49-44-39-34-28-23-20-17-14-16-18-21-25-30-35-40-45-52(2)3/h52-54H,6-51H2,1-5H3/t54-/m0/s1. The fourth-order valence-electron chi connectivity index (χ4n) is 8.70. The van der Waals surface area contributed by atoms with Crippen LogP contribution in [0.5, 0.6) is 0 Å². The highest BCUT2D eigenvalue weighted by Crippen LogP contribution is 2.18. The van der Waals surface area contributed by atoms with Gasteiger partial charge < -0.3 is 14.2 Å². The zero-order chi connectivity index (χ0) is 46.1. The lowest BCUT2D eigenvalue weighted by Crippen LogP contribution is -2.30. The van der Waals surface area contributed by atoms with E-state index in [9.17, 15) is 14.4 Å². The van der Waals surface area contributed by atoms with Crippen LogP contribution in [-0.2, 0) is 28.6 Å². The fraction of sp³-hybridized carbons (Fsp3) is 0.947. The Morgan fingerprint density at radius 3 is 0.778 bits per heavy atom. The maximum atomic E-state index is 12.8. The van der Waals surface area contributed by atoms with Gasteiger partial charge in [0.1, 0.15) is 13.2 Å². The lowest BCUT2D eigenvalue weighted by Gasteiger charge is -2.18. The molecule has 63 heavy (non-hydrogen) atoms. The predicted molar refractivity (Wildman–Crippen MR) is 270 cm³/mol. The highest BCUT2D eigenvalue weighted by atomic mass is 16.6. The second-order valence-corrected chi connectivity index (χ2v) is 20.5. The lowest BCUT2D eigenvalue weighted by molar-refractivity contribution is -0.167. The zero-order valence-corrected chi connectivity index (χ0v) is 43.2. The minimum Gasteiger partial charge on any atom is -0.462 e. The van der Waals surface area contributed by atoms with Gasteiger partial charge in [-0.2, -0.15) is 0 Å². The van der Waals surface area contributed by atoms with Crippen LogP contribution in [0.1, 0.15) is 317 Å². The molecule has 0 amide bonds. The summed E-state index contributed by atoms with van der Waals surface area (Å²) in [4.78, 5) is 38.1. The number of hydrogen-bond donors (Lipinski definition) is 0. The van der Waals surface area contributed by atoms with E-state index in [1.165, 1.54) is 205 Å². The molecule has 1 atom stereocenters. The minimum atomic E-state index is -0.762. The van der Waals surface area contributed by atoms with Gasteiger partial charge >= 0.3 is 17.9 Å². The molecule has 0 rings (SSSR count). The Bertz CT molecular complexity index is 962. The fourth-order valence-corrected chi connectivity index (χ4v) is 8.70. The first-order chi connectivity index (χ1) is 30.7. The summed E-state index contributed by atoms with van der Waals surface area (Å²) in [6, 6.07) is 0. The van der Waals surface area contributed by atoms with Crippen LogP contribution < -0.4 is 0 Å². The molecule has 0 heterocycles. The monoisotopic (exact) mass is 891 g/mol. The van der Waals surface area contributed by atoms with E-state index >= 15 is 0 Å². The van der Waals surface area contributed by atoms with E-state index in [1.54, 1.807) is 0 Å². The molecule has 0 spiro atoms. The Morgan fingerprint density at radius 1 is 0.302 bits per heavy atom. The third-order valence-corrected chi connectivity index (χ3v) is 13.0. The first-order valence-electron chi connectivity index (χ1n) is 28.2. The van der Waals surface area contributed by atoms with E-state index in [0.29, 0.717) is 19.3 Å².